The standard InChI is InChI=1S/C28H36N8O3/c1-35(12-21-24(37)25(38)28(39-21)36-14-32-23-26(29)30-13-31-27(23)36)18-9-15(10-18)5-8-22-33-19-7-6-17(11-20(19)34-22)16-3-2-4-16/h6-7,11,13-16,18,21,24-25,28,37-38H,2-5,8-10,12H2,1H3,(H,33,34)(H2,29,30,31)/t15-,18-,21-,24+,25+,28-/m1/s1. The molecule has 0 spiro atoms. The minimum atomic E-state index is -1.10. The number of hydrogen-bond donors (Lipinski definition) is 4. The first-order valence-electron chi connectivity index (χ1n) is 14.1. The third-order valence-corrected chi connectivity index (χ3v) is 9.22. The Morgan fingerprint density at radius 1 is 1.15 bits per heavy atom. The number of benzene rings is 1. The zero-order chi connectivity index (χ0) is 26.7. The minimum Gasteiger partial charge on any atom is -0.387 e. The van der Waals surface area contributed by atoms with Crippen LogP contribution in [0.4, 0.5) is 5.82 Å². The first-order valence-corrected chi connectivity index (χ1v) is 14.1. The lowest BCUT2D eigenvalue weighted by Crippen LogP contribution is -2.47. The smallest absolute Gasteiger partial charge is 0.167 e. The molecular weight excluding hydrogens is 496 g/mol. The summed E-state index contributed by atoms with van der Waals surface area (Å²) in [4.78, 5) is 23.1. The van der Waals surface area contributed by atoms with E-state index in [0.29, 0.717) is 29.7 Å². The molecule has 2 saturated carbocycles. The zero-order valence-electron chi connectivity index (χ0n) is 22.1. The number of anilines is 1. The number of likely N-dealkylation sites (N-methyl/N-ethyl adjacent to an activating group) is 1. The van der Waals surface area contributed by atoms with Crippen LogP contribution in [0.25, 0.3) is 22.2 Å². The summed E-state index contributed by atoms with van der Waals surface area (Å²) in [5.41, 5.74) is 10.5. The molecule has 0 bridgehead atoms. The molecule has 11 nitrogen and oxygen atoms in total. The van der Waals surface area contributed by atoms with Gasteiger partial charge in [-0.15, -0.1) is 0 Å². The Morgan fingerprint density at radius 3 is 2.79 bits per heavy atom. The Balaban J connectivity index is 0.915. The number of aliphatic hydroxyl groups is 2. The summed E-state index contributed by atoms with van der Waals surface area (Å²) in [5.74, 6) is 2.73. The van der Waals surface area contributed by atoms with E-state index in [-0.39, 0.29) is 5.82 Å². The molecule has 7 rings (SSSR count). The maximum atomic E-state index is 10.8. The molecule has 0 radical (unpaired) electrons. The number of nitrogens with one attached hydrogen (secondary N) is 1. The fourth-order valence-electron chi connectivity index (χ4n) is 6.43. The van der Waals surface area contributed by atoms with Crippen LogP contribution < -0.4 is 5.73 Å². The highest BCUT2D eigenvalue weighted by atomic mass is 16.6. The van der Waals surface area contributed by atoms with Crippen molar-refractivity contribution in [1.82, 2.24) is 34.4 Å². The summed E-state index contributed by atoms with van der Waals surface area (Å²) in [7, 11) is 2.07. The number of rotatable bonds is 8. The van der Waals surface area contributed by atoms with E-state index in [1.807, 2.05) is 0 Å². The second-order valence-electron chi connectivity index (χ2n) is 11.7. The summed E-state index contributed by atoms with van der Waals surface area (Å²) in [6.45, 7) is 0.531. The number of fused-ring (bicyclic) bond motifs is 2. The van der Waals surface area contributed by atoms with Gasteiger partial charge in [0.25, 0.3) is 0 Å². The average molecular weight is 533 g/mol. The summed E-state index contributed by atoms with van der Waals surface area (Å²) in [5, 5.41) is 21.5. The molecule has 3 aromatic heterocycles. The molecule has 1 aromatic carbocycles. The van der Waals surface area contributed by atoms with E-state index < -0.39 is 24.5 Å². The number of aryl methyl sites for hydroxylation is 1. The monoisotopic (exact) mass is 532 g/mol. The molecule has 0 unspecified atom stereocenters. The number of nitrogens with two attached hydrogens (primary N) is 1. The second kappa shape index (κ2) is 9.81. The minimum absolute atomic E-state index is 0.265. The highest BCUT2D eigenvalue weighted by Gasteiger charge is 2.45. The van der Waals surface area contributed by atoms with E-state index >= 15 is 0 Å². The third-order valence-electron chi connectivity index (χ3n) is 9.22. The molecule has 0 amide bonds. The van der Waals surface area contributed by atoms with Gasteiger partial charge in [-0.3, -0.25) is 4.57 Å². The highest BCUT2D eigenvalue weighted by Crippen LogP contribution is 2.38. The lowest BCUT2D eigenvalue weighted by Gasteiger charge is -2.42. The lowest BCUT2D eigenvalue weighted by molar-refractivity contribution is -0.0514. The normalized spacial score (nSPS) is 29.3. The van der Waals surface area contributed by atoms with Gasteiger partial charge in [0.05, 0.1) is 17.4 Å². The van der Waals surface area contributed by atoms with Crippen LogP contribution in [0.2, 0.25) is 0 Å². The van der Waals surface area contributed by atoms with Crippen LogP contribution in [0.5, 0.6) is 0 Å². The van der Waals surface area contributed by atoms with Gasteiger partial charge in [-0.25, -0.2) is 19.9 Å². The van der Waals surface area contributed by atoms with Crippen LogP contribution in [0.1, 0.15) is 62.1 Å². The molecule has 5 N–H and O–H groups in total. The Labute approximate surface area is 226 Å². The quantitative estimate of drug-likeness (QED) is 0.268. The van der Waals surface area contributed by atoms with Gasteiger partial charge in [-0.1, -0.05) is 12.5 Å². The first-order chi connectivity index (χ1) is 18.9. The number of aliphatic hydroxyl groups excluding tert-OH is 2. The summed E-state index contributed by atoms with van der Waals surface area (Å²) >= 11 is 0. The van der Waals surface area contributed by atoms with Crippen LogP contribution in [-0.4, -0.2) is 82.5 Å². The molecule has 2 aliphatic carbocycles. The molecule has 11 heteroatoms. The molecule has 39 heavy (non-hydrogen) atoms. The van der Waals surface area contributed by atoms with E-state index in [9.17, 15) is 10.2 Å². The highest BCUT2D eigenvalue weighted by molar-refractivity contribution is 5.81. The molecule has 1 aliphatic heterocycles. The number of ether oxygens (including phenoxy) is 1. The summed E-state index contributed by atoms with van der Waals surface area (Å²) < 4.78 is 7.75. The first kappa shape index (κ1) is 24.9. The predicted octanol–water partition coefficient (Wildman–Crippen LogP) is 2.51. The van der Waals surface area contributed by atoms with Crippen LogP contribution >= 0.6 is 0 Å². The van der Waals surface area contributed by atoms with Crippen LogP contribution in [0.3, 0.4) is 0 Å². The molecule has 4 atom stereocenters. The topological polar surface area (TPSA) is 151 Å². The van der Waals surface area contributed by atoms with Gasteiger partial charge >= 0.3 is 0 Å². The predicted molar refractivity (Wildman–Crippen MR) is 146 cm³/mol. The van der Waals surface area contributed by atoms with E-state index in [4.69, 9.17) is 15.5 Å². The lowest BCUT2D eigenvalue weighted by atomic mass is 9.76. The number of aromatic amines is 1. The zero-order valence-corrected chi connectivity index (χ0v) is 22.1. The van der Waals surface area contributed by atoms with Crippen molar-refractivity contribution >= 4 is 28.0 Å². The van der Waals surface area contributed by atoms with E-state index in [1.54, 1.807) is 4.57 Å². The fraction of sp³-hybridized carbons (Fsp3) is 0.571. The van der Waals surface area contributed by atoms with E-state index in [1.165, 1.54) is 37.5 Å². The van der Waals surface area contributed by atoms with Gasteiger partial charge in [-0.2, -0.15) is 0 Å². The molecule has 3 fully saturated rings. The molecule has 4 aromatic rings. The van der Waals surface area contributed by atoms with Gasteiger partial charge in [0.15, 0.2) is 17.7 Å². The van der Waals surface area contributed by atoms with Gasteiger partial charge in [-0.05, 0) is 68.7 Å². The molecule has 4 heterocycles. The maximum absolute atomic E-state index is 10.8. The maximum Gasteiger partial charge on any atom is 0.167 e. The third kappa shape index (κ3) is 4.47. The summed E-state index contributed by atoms with van der Waals surface area (Å²) in [6.07, 6.45) is 7.70. The Hall–Kier alpha value is -3.12. The van der Waals surface area contributed by atoms with Crippen molar-refractivity contribution in [3.8, 4) is 0 Å². The van der Waals surface area contributed by atoms with E-state index in [0.717, 1.165) is 48.5 Å². The van der Waals surface area contributed by atoms with Gasteiger partial charge < -0.3 is 30.6 Å². The number of imidazole rings is 2. The number of H-pyrrole nitrogens is 1. The van der Waals surface area contributed by atoms with Gasteiger partial charge in [0.2, 0.25) is 0 Å². The van der Waals surface area contributed by atoms with Crippen molar-refractivity contribution in [2.75, 3.05) is 19.3 Å². The van der Waals surface area contributed by atoms with Crippen molar-refractivity contribution < 1.29 is 14.9 Å². The van der Waals surface area contributed by atoms with Crippen LogP contribution in [0.15, 0.2) is 30.9 Å². The van der Waals surface area contributed by atoms with Crippen LogP contribution in [0, 0.1) is 5.92 Å². The van der Waals surface area contributed by atoms with Crippen molar-refractivity contribution in [2.24, 2.45) is 5.92 Å². The van der Waals surface area contributed by atoms with Crippen molar-refractivity contribution in [1.29, 1.82) is 0 Å². The fourth-order valence-corrected chi connectivity index (χ4v) is 6.43. The van der Waals surface area contributed by atoms with Crippen molar-refractivity contribution in [3.63, 3.8) is 0 Å². The Morgan fingerprint density at radius 2 is 2.00 bits per heavy atom. The SMILES string of the molecule is CN(C[C@H]1O[C@@H](n2cnc3c(N)ncnc32)[C@@H](O)[C@H]1O)[C@H]1C[C@H](CCc2nc3cc(C4CCC4)ccc3[nH]2)C1. The van der Waals surface area contributed by atoms with E-state index in [2.05, 4.69) is 50.1 Å². The average Bonchev–Trinajstić information content (AvgIpc) is 3.54. The molecular formula is C28H36N8O3. The number of aromatic nitrogens is 6. The van der Waals surface area contributed by atoms with Crippen molar-refractivity contribution in [3.05, 3.63) is 42.2 Å². The summed E-state index contributed by atoms with van der Waals surface area (Å²) in [6, 6.07) is 7.15. The number of nitrogen functional groups attached to an aromatic ring is 1. The van der Waals surface area contributed by atoms with Crippen molar-refractivity contribution in [2.45, 2.75) is 81.4 Å². The second-order valence-corrected chi connectivity index (χ2v) is 11.7. The van der Waals surface area contributed by atoms with Crippen LogP contribution in [-0.2, 0) is 11.2 Å². The Bertz CT molecular complexity index is 1480. The number of nitrogens with zero attached hydrogens (tertiary/aromatic N) is 6. The van der Waals surface area contributed by atoms with Gasteiger partial charge in [0.1, 0.15) is 36.0 Å². The molecule has 1 saturated heterocycles. The number of hydrogen-bond acceptors (Lipinski definition) is 9. The van der Waals surface area contributed by atoms with Gasteiger partial charge in [0, 0.05) is 19.0 Å². The molecule has 206 valence electrons. The Kier molecular flexibility index (Phi) is 6.26. The largest absolute Gasteiger partial charge is 0.387 e. The molecule has 3 aliphatic rings.